The molecule has 0 radical (unpaired) electrons. The van der Waals surface area contributed by atoms with Crippen molar-refractivity contribution in [1.29, 1.82) is 0 Å². The third kappa shape index (κ3) is 5.29. The van der Waals surface area contributed by atoms with E-state index < -0.39 is 0 Å². The van der Waals surface area contributed by atoms with Gasteiger partial charge in [0.25, 0.3) is 0 Å². The van der Waals surface area contributed by atoms with Crippen molar-refractivity contribution >= 4 is 23.7 Å². The summed E-state index contributed by atoms with van der Waals surface area (Å²) in [5.74, 6) is 1.21. The van der Waals surface area contributed by atoms with Crippen molar-refractivity contribution in [2.24, 2.45) is 0 Å². The van der Waals surface area contributed by atoms with E-state index in [1.54, 1.807) is 4.90 Å². The van der Waals surface area contributed by atoms with Crippen molar-refractivity contribution in [3.05, 3.63) is 35.7 Å². The highest BCUT2D eigenvalue weighted by atomic mass is 16.6. The van der Waals surface area contributed by atoms with Gasteiger partial charge in [-0.05, 0) is 31.0 Å². The molecular weight excluding hydrogens is 358 g/mol. The van der Waals surface area contributed by atoms with Gasteiger partial charge in [0.1, 0.15) is 5.82 Å². The molecule has 3 N–H and O–H groups in total. The maximum Gasteiger partial charge on any atom is 0.409 e. The zero-order valence-corrected chi connectivity index (χ0v) is 16.4. The van der Waals surface area contributed by atoms with Crippen LogP contribution in [0.5, 0.6) is 0 Å². The lowest BCUT2D eigenvalue weighted by molar-refractivity contribution is 0.0772. The second kappa shape index (κ2) is 9.32. The standard InChI is InChI=1S/C19H27N7O2/c1-3-14-5-7-15(8-6-14)21-18-23-16(22-17(20)24-18)13-25-9-11-26(12-10-25)19(27)28-4-2/h5-8H,3-4,9-13H2,1-2H3,(H3,20,21,22,23,24). The Balaban J connectivity index is 1.59. The van der Waals surface area contributed by atoms with Crippen LogP contribution in [0.2, 0.25) is 0 Å². The molecule has 0 bridgehead atoms. The lowest BCUT2D eigenvalue weighted by atomic mass is 10.1. The Morgan fingerprint density at radius 3 is 2.46 bits per heavy atom. The fourth-order valence-electron chi connectivity index (χ4n) is 3.02. The third-order valence-corrected chi connectivity index (χ3v) is 4.58. The van der Waals surface area contributed by atoms with E-state index in [0.717, 1.165) is 25.2 Å². The summed E-state index contributed by atoms with van der Waals surface area (Å²) in [6, 6.07) is 8.12. The van der Waals surface area contributed by atoms with Crippen molar-refractivity contribution < 1.29 is 9.53 Å². The van der Waals surface area contributed by atoms with E-state index in [0.29, 0.717) is 38.0 Å². The number of ether oxygens (including phenoxy) is 1. The van der Waals surface area contributed by atoms with E-state index in [1.165, 1.54) is 5.56 Å². The number of carbonyl (C=O) groups excluding carboxylic acids is 1. The van der Waals surface area contributed by atoms with E-state index >= 15 is 0 Å². The molecule has 0 saturated carbocycles. The number of amides is 1. The maximum atomic E-state index is 11.8. The average Bonchev–Trinajstić information content (AvgIpc) is 2.69. The number of aromatic nitrogens is 3. The summed E-state index contributed by atoms with van der Waals surface area (Å²) < 4.78 is 5.05. The Labute approximate surface area is 164 Å². The number of nitrogens with one attached hydrogen (secondary N) is 1. The van der Waals surface area contributed by atoms with Gasteiger partial charge >= 0.3 is 6.09 Å². The molecule has 2 heterocycles. The van der Waals surface area contributed by atoms with Crippen LogP contribution in [0.3, 0.4) is 0 Å². The first-order chi connectivity index (χ1) is 13.6. The van der Waals surface area contributed by atoms with Gasteiger partial charge in [0.2, 0.25) is 11.9 Å². The van der Waals surface area contributed by atoms with Gasteiger partial charge in [0, 0.05) is 31.9 Å². The predicted molar refractivity (Wildman–Crippen MR) is 107 cm³/mol. The van der Waals surface area contributed by atoms with Crippen molar-refractivity contribution in [3.63, 3.8) is 0 Å². The predicted octanol–water partition coefficient (Wildman–Crippen LogP) is 2.03. The van der Waals surface area contributed by atoms with Crippen molar-refractivity contribution in [2.45, 2.75) is 26.8 Å². The molecule has 9 heteroatoms. The highest BCUT2D eigenvalue weighted by Crippen LogP contribution is 2.16. The highest BCUT2D eigenvalue weighted by molar-refractivity contribution is 5.67. The quantitative estimate of drug-likeness (QED) is 0.777. The van der Waals surface area contributed by atoms with Crippen LogP contribution in [0.4, 0.5) is 22.4 Å². The van der Waals surface area contributed by atoms with Crippen LogP contribution in [0.1, 0.15) is 25.2 Å². The summed E-state index contributed by atoms with van der Waals surface area (Å²) in [7, 11) is 0. The molecule has 0 unspecified atom stereocenters. The Hall–Kier alpha value is -2.94. The topological polar surface area (TPSA) is 110 Å². The SMILES string of the molecule is CCOC(=O)N1CCN(Cc2nc(N)nc(Nc3ccc(CC)cc3)n2)CC1. The van der Waals surface area contributed by atoms with Crippen molar-refractivity contribution in [3.8, 4) is 0 Å². The van der Waals surface area contributed by atoms with Crippen molar-refractivity contribution in [2.75, 3.05) is 43.8 Å². The summed E-state index contributed by atoms with van der Waals surface area (Å²) >= 11 is 0. The molecule has 150 valence electrons. The largest absolute Gasteiger partial charge is 0.450 e. The van der Waals surface area contributed by atoms with Crippen LogP contribution < -0.4 is 11.1 Å². The summed E-state index contributed by atoms with van der Waals surface area (Å²) in [6.45, 7) is 7.56. The fourth-order valence-corrected chi connectivity index (χ4v) is 3.02. The second-order valence-corrected chi connectivity index (χ2v) is 6.57. The summed E-state index contributed by atoms with van der Waals surface area (Å²) in [5, 5.41) is 3.18. The molecule has 9 nitrogen and oxygen atoms in total. The lowest BCUT2D eigenvalue weighted by Gasteiger charge is -2.33. The van der Waals surface area contributed by atoms with Gasteiger partial charge in [-0.2, -0.15) is 15.0 Å². The minimum absolute atomic E-state index is 0.183. The molecule has 1 fully saturated rings. The fraction of sp³-hybridized carbons (Fsp3) is 0.474. The molecule has 3 rings (SSSR count). The molecule has 28 heavy (non-hydrogen) atoms. The van der Waals surface area contributed by atoms with E-state index in [-0.39, 0.29) is 12.0 Å². The van der Waals surface area contributed by atoms with Crippen LogP contribution >= 0.6 is 0 Å². The average molecular weight is 385 g/mol. The number of hydrogen-bond acceptors (Lipinski definition) is 8. The van der Waals surface area contributed by atoms with Crippen molar-refractivity contribution in [1.82, 2.24) is 24.8 Å². The molecule has 0 spiro atoms. The lowest BCUT2D eigenvalue weighted by Crippen LogP contribution is -2.48. The van der Waals surface area contributed by atoms with E-state index in [4.69, 9.17) is 10.5 Å². The molecule has 1 saturated heterocycles. The normalized spacial score (nSPS) is 14.7. The molecule has 1 aromatic heterocycles. The highest BCUT2D eigenvalue weighted by Gasteiger charge is 2.22. The third-order valence-electron chi connectivity index (χ3n) is 4.58. The number of anilines is 3. The number of rotatable bonds is 6. The zero-order chi connectivity index (χ0) is 19.9. The number of aryl methyl sites for hydroxylation is 1. The number of piperazine rings is 1. The maximum absolute atomic E-state index is 11.8. The van der Waals surface area contributed by atoms with Crippen LogP contribution in [0.15, 0.2) is 24.3 Å². The number of nitrogens with two attached hydrogens (primary N) is 1. The monoisotopic (exact) mass is 385 g/mol. The van der Waals surface area contributed by atoms with Crippen LogP contribution in [0.25, 0.3) is 0 Å². The first kappa shape index (κ1) is 19.8. The number of benzene rings is 1. The Morgan fingerprint density at radius 1 is 1.11 bits per heavy atom. The molecule has 1 aliphatic heterocycles. The molecule has 1 amide bonds. The van der Waals surface area contributed by atoms with Gasteiger partial charge in [-0.25, -0.2) is 4.79 Å². The van der Waals surface area contributed by atoms with E-state index in [2.05, 4.69) is 44.2 Å². The minimum atomic E-state index is -0.257. The smallest absolute Gasteiger partial charge is 0.409 e. The van der Waals surface area contributed by atoms with Gasteiger partial charge in [0.05, 0.1) is 13.2 Å². The van der Waals surface area contributed by atoms with Gasteiger partial charge in [-0.3, -0.25) is 4.90 Å². The Bertz CT molecular complexity index is 789. The summed E-state index contributed by atoms with van der Waals surface area (Å²) in [5.41, 5.74) is 8.04. The number of nitrogens with zero attached hydrogens (tertiary/aromatic N) is 5. The van der Waals surface area contributed by atoms with Gasteiger partial charge < -0.3 is 20.7 Å². The summed E-state index contributed by atoms with van der Waals surface area (Å²) in [6.07, 6.45) is 0.735. The van der Waals surface area contributed by atoms with Gasteiger partial charge in [-0.15, -0.1) is 0 Å². The van der Waals surface area contributed by atoms with Crippen LogP contribution in [-0.2, 0) is 17.7 Å². The number of hydrogen-bond donors (Lipinski definition) is 2. The van der Waals surface area contributed by atoms with E-state index in [9.17, 15) is 4.79 Å². The van der Waals surface area contributed by atoms with Crippen LogP contribution in [0, 0.1) is 0 Å². The molecule has 1 aliphatic rings. The molecule has 2 aromatic rings. The molecule has 0 aliphatic carbocycles. The zero-order valence-electron chi connectivity index (χ0n) is 16.4. The minimum Gasteiger partial charge on any atom is -0.450 e. The number of carbonyl (C=O) groups is 1. The second-order valence-electron chi connectivity index (χ2n) is 6.57. The van der Waals surface area contributed by atoms with Gasteiger partial charge in [-0.1, -0.05) is 19.1 Å². The molecular formula is C19H27N7O2. The van der Waals surface area contributed by atoms with Crippen LogP contribution in [-0.4, -0.2) is 63.6 Å². The Kier molecular flexibility index (Phi) is 6.59. The number of nitrogen functional groups attached to an aromatic ring is 1. The summed E-state index contributed by atoms with van der Waals surface area (Å²) in [4.78, 5) is 28.6. The Morgan fingerprint density at radius 2 is 1.82 bits per heavy atom. The molecule has 1 aromatic carbocycles. The van der Waals surface area contributed by atoms with E-state index in [1.807, 2.05) is 19.1 Å². The first-order valence-corrected chi connectivity index (χ1v) is 9.57. The molecule has 0 atom stereocenters. The van der Waals surface area contributed by atoms with Gasteiger partial charge in [0.15, 0.2) is 0 Å². The first-order valence-electron chi connectivity index (χ1n) is 9.57.